The van der Waals surface area contributed by atoms with Crippen LogP contribution in [0.15, 0.2) is 140 Å². The Morgan fingerprint density at radius 1 is 0.568 bits per heavy atom. The number of carboxylic acids is 1. The smallest absolute Gasteiger partial charge is 0.330 e. The van der Waals surface area contributed by atoms with Crippen molar-refractivity contribution in [2.24, 2.45) is 17.2 Å². The van der Waals surface area contributed by atoms with Crippen LogP contribution in [0.25, 0.3) is 11.1 Å². The van der Waals surface area contributed by atoms with Gasteiger partial charge < -0.3 is 168 Å². The largest absolute Gasteiger partial charge is 0.508 e. The first kappa shape index (κ1) is 90.2. The number of carbonyl (C=O) groups excluding carboxylic acids is 6. The number of aromatic hydroxyl groups is 3. The van der Waals surface area contributed by atoms with Gasteiger partial charge in [0.1, 0.15) is 126 Å². The van der Waals surface area contributed by atoms with E-state index in [1.165, 1.54) is 80.8 Å². The minimum absolute atomic E-state index is 0.0795. The fourth-order valence-electron chi connectivity index (χ4n) is 16.0. The number of fused-ring (bicyclic) bond motifs is 15. The number of hydrogen-bond donors (Lipinski definition) is 22. The minimum Gasteiger partial charge on any atom is -0.508 e. The number of nitrogens with two attached hydrogens (primary N) is 3. The molecule has 25 N–H and O–H groups in total. The number of rotatable bonds is 17. The van der Waals surface area contributed by atoms with Gasteiger partial charge in [0.05, 0.1) is 42.7 Å². The summed E-state index contributed by atoms with van der Waals surface area (Å²) in [5, 5.41) is 162. The number of aliphatic carboxylic acids is 1. The molecule has 41 heteroatoms. The molecule has 0 aliphatic carbocycles. The quantitative estimate of drug-likeness (QED) is 0.0529. The van der Waals surface area contributed by atoms with Gasteiger partial charge in [-0.05, 0) is 114 Å². The number of methoxy groups -OCH3 is 1. The summed E-state index contributed by atoms with van der Waals surface area (Å²) in [4.78, 5) is 110. The van der Waals surface area contributed by atoms with E-state index in [4.69, 9.17) is 80.9 Å². The molecule has 0 radical (unpaired) electrons. The first-order valence-electron chi connectivity index (χ1n) is 39.7. The van der Waals surface area contributed by atoms with E-state index in [-0.39, 0.29) is 46.8 Å². The van der Waals surface area contributed by atoms with Crippen LogP contribution in [0, 0.1) is 0 Å². The summed E-state index contributed by atoms with van der Waals surface area (Å²) >= 11 is 7.46. The maximum atomic E-state index is 16.8. The summed E-state index contributed by atoms with van der Waals surface area (Å²) in [6, 6.07) is 12.2. The van der Waals surface area contributed by atoms with E-state index in [0.717, 1.165) is 42.5 Å². The molecule has 668 valence electrons. The van der Waals surface area contributed by atoms with Crippen LogP contribution in [0.4, 0.5) is 0 Å². The number of carboxylic acid groups (broad SMARTS) is 1. The second kappa shape index (κ2) is 38.0. The van der Waals surface area contributed by atoms with E-state index in [1.54, 1.807) is 37.3 Å². The Morgan fingerprint density at radius 2 is 1.19 bits per heavy atom. The van der Waals surface area contributed by atoms with Crippen LogP contribution in [0.5, 0.6) is 51.7 Å². The lowest BCUT2D eigenvalue weighted by atomic mass is 9.89. The zero-order chi connectivity index (χ0) is 89.4. The third-order valence-corrected chi connectivity index (χ3v) is 23.0. The van der Waals surface area contributed by atoms with Crippen LogP contribution in [0.1, 0.15) is 102 Å². The topological polar surface area (TPSA) is 634 Å². The van der Waals surface area contributed by atoms with Gasteiger partial charge in [-0.1, -0.05) is 78.3 Å². The highest BCUT2D eigenvalue weighted by molar-refractivity contribution is 6.32. The van der Waals surface area contributed by atoms with E-state index in [1.807, 2.05) is 0 Å². The normalized spacial score (nSPS) is 32.2. The lowest BCUT2D eigenvalue weighted by molar-refractivity contribution is -0.330. The van der Waals surface area contributed by atoms with Gasteiger partial charge in [0, 0.05) is 61.2 Å². The standard InChI is InChI=1S/C84H94ClN9O31/c1-32-65(100)46(86)28-56(116-32)124-75-70(105)68(103)55(31-96)122-84(75)125-74-52-24-39-25-53(74)119-50-20-14-38(23-45(50)85)73(123-57-29-47(87)72(115-3)33(2)117-57)64-81(112)92-62(82(113)114)44-26-41(98)27-51(120-83-71(106)69(104)67(102)54(30-95)121-83)58(44)43-22-37(13-19-49(43)99)60(78(109)94-64)91-79(110)61(39)90-76(107)48(21-34-7-5-4-6-8-34)89-80(111)63(66(101)36-11-17-42(118-52)18-12-36)93-77(108)59(88)35-9-15-40(97)16-10-35/h4-20,22-27,32-33,46-48,54-57,59-73,75,83-84,95-106H,21,28-31,86-88H2,1-3H3,(H,89,111)(H,90,107)(H,91,110)(H,92,112)(H,93,108)(H,94,109)(H,113,114)/t32-,33-,46+,47+,48?,54+,55-,56+,57+,59?,60?,61?,62?,63?,64?,65+,66?,67-,68-,69+,70+,71+,72+,73?,75-,83+,84-/m1/s1. The number of carbonyl (C=O) groups is 7. The zero-order valence-corrected chi connectivity index (χ0v) is 67.4. The van der Waals surface area contributed by atoms with Gasteiger partial charge in [-0.15, -0.1) is 0 Å². The summed E-state index contributed by atoms with van der Waals surface area (Å²) in [6.07, 6.45) is -31.2. The number of phenols is 3. The number of nitrogens with one attached hydrogen (secondary N) is 6. The molecule has 0 saturated carbocycles. The Kier molecular flexibility index (Phi) is 27.4. The van der Waals surface area contributed by atoms with Crippen molar-refractivity contribution in [1.29, 1.82) is 0 Å². The summed E-state index contributed by atoms with van der Waals surface area (Å²) in [5.41, 5.74) is 17.2. The first-order valence-corrected chi connectivity index (χ1v) is 40.1. The summed E-state index contributed by atoms with van der Waals surface area (Å²) < 4.78 is 69.9. The molecule has 16 rings (SSSR count). The van der Waals surface area contributed by atoms with Crippen LogP contribution in [-0.4, -0.2) is 257 Å². The molecule has 4 saturated heterocycles. The molecule has 0 aromatic heterocycles. The Labute approximate surface area is 715 Å². The summed E-state index contributed by atoms with van der Waals surface area (Å²) in [7, 11) is 1.38. The van der Waals surface area contributed by atoms with Gasteiger partial charge in [0.25, 0.3) is 0 Å². The van der Waals surface area contributed by atoms with Gasteiger partial charge in [0.2, 0.25) is 53.8 Å². The molecule has 7 aromatic rings. The molecule has 125 heavy (non-hydrogen) atoms. The third kappa shape index (κ3) is 19.2. The number of amides is 6. The van der Waals surface area contributed by atoms with Crippen molar-refractivity contribution in [3.8, 4) is 62.9 Å². The molecule has 9 aliphatic heterocycles. The number of hydrogen-bond acceptors (Lipinski definition) is 33. The van der Waals surface area contributed by atoms with Crippen molar-refractivity contribution >= 4 is 53.0 Å². The van der Waals surface area contributed by atoms with Crippen LogP contribution in [0.3, 0.4) is 0 Å². The number of phenolic OH excluding ortho intramolecular Hbond substituents is 3. The highest BCUT2D eigenvalue weighted by atomic mass is 35.5. The fourth-order valence-corrected chi connectivity index (χ4v) is 16.2. The van der Waals surface area contributed by atoms with Crippen LogP contribution < -0.4 is 68.0 Å². The van der Waals surface area contributed by atoms with E-state index >= 15 is 24.0 Å². The van der Waals surface area contributed by atoms with E-state index in [0.29, 0.717) is 5.56 Å². The van der Waals surface area contributed by atoms with Gasteiger partial charge in [-0.25, -0.2) is 4.79 Å². The van der Waals surface area contributed by atoms with Gasteiger partial charge in [0.15, 0.2) is 36.2 Å². The minimum atomic E-state index is -2.43. The van der Waals surface area contributed by atoms with Crippen molar-refractivity contribution in [3.05, 3.63) is 183 Å². The molecule has 27 atom stereocenters. The molecule has 7 aromatic carbocycles. The number of benzene rings is 7. The Morgan fingerprint density at radius 3 is 1.86 bits per heavy atom. The average molecular weight is 1760 g/mol. The highest BCUT2D eigenvalue weighted by Gasteiger charge is 2.52. The Hall–Kier alpha value is -11.0. The number of aliphatic hydroxyl groups is 9. The fraction of sp³-hybridized carbons (Fsp3) is 0.417. The maximum Gasteiger partial charge on any atom is 0.330 e. The molecule has 9 unspecified atom stereocenters. The van der Waals surface area contributed by atoms with Crippen molar-refractivity contribution in [3.63, 3.8) is 0 Å². The monoisotopic (exact) mass is 1760 g/mol. The lowest BCUT2D eigenvalue weighted by Crippen LogP contribution is -2.62. The predicted molar refractivity (Wildman–Crippen MR) is 428 cm³/mol. The number of halogens is 1. The van der Waals surface area contributed by atoms with E-state index < -0.39 is 293 Å². The van der Waals surface area contributed by atoms with Crippen molar-refractivity contribution in [2.45, 2.75) is 198 Å². The lowest BCUT2D eigenvalue weighted by Gasteiger charge is -2.44. The van der Waals surface area contributed by atoms with Crippen LogP contribution in [-0.2, 0) is 73.1 Å². The predicted octanol–water partition coefficient (Wildman–Crippen LogP) is -0.824. The van der Waals surface area contributed by atoms with Crippen molar-refractivity contribution < 1.29 is 152 Å². The van der Waals surface area contributed by atoms with Crippen molar-refractivity contribution in [2.75, 3.05) is 20.3 Å². The molecule has 40 nitrogen and oxygen atoms in total. The zero-order valence-electron chi connectivity index (χ0n) is 66.7. The second-order valence-corrected chi connectivity index (χ2v) is 31.6. The highest BCUT2D eigenvalue weighted by Crippen LogP contribution is 2.50. The average Bonchev–Trinajstić information content (AvgIpc) is 0.756. The molecule has 4 fully saturated rings. The van der Waals surface area contributed by atoms with Crippen molar-refractivity contribution in [1.82, 2.24) is 31.9 Å². The number of ether oxygens (including phenoxy) is 11. The second-order valence-electron chi connectivity index (χ2n) is 31.2. The Balaban J connectivity index is 1.01. The number of aliphatic hydroxyl groups excluding tert-OH is 9. The summed E-state index contributed by atoms with van der Waals surface area (Å²) in [6.45, 7) is 1.12. The van der Waals surface area contributed by atoms with Crippen LogP contribution in [0.2, 0.25) is 5.02 Å². The molecular formula is C84H94ClN9O31. The van der Waals surface area contributed by atoms with Gasteiger partial charge in [-0.2, -0.15) is 0 Å². The van der Waals surface area contributed by atoms with E-state index in [9.17, 15) is 76.0 Å². The van der Waals surface area contributed by atoms with Gasteiger partial charge in [-0.3, -0.25) is 28.8 Å². The molecule has 11 bridgehead atoms. The molecule has 9 heterocycles. The summed E-state index contributed by atoms with van der Waals surface area (Å²) in [5.74, 6) is -14.6. The molecule has 6 amide bonds. The maximum absolute atomic E-state index is 16.8. The molecule has 9 aliphatic rings. The van der Waals surface area contributed by atoms with Crippen LogP contribution >= 0.6 is 11.6 Å². The Bertz CT molecular complexity index is 5100. The molecular weight excluding hydrogens is 1670 g/mol. The van der Waals surface area contributed by atoms with E-state index in [2.05, 4.69) is 31.9 Å². The third-order valence-electron chi connectivity index (χ3n) is 22.7. The first-order chi connectivity index (χ1) is 59.7. The molecule has 0 spiro atoms. The van der Waals surface area contributed by atoms with Gasteiger partial charge >= 0.3 is 5.97 Å². The SMILES string of the molecule is CO[C@@H]1[C@@H](N)C[C@H](OC2c3ccc(c(Cl)c3)Oc3cc4cc(c3O[C@H]3O[C@H](CO)[C@@H](O)[C@H](O)[C@H]3O[C@H]3C[C@H](N)[C@@H](O)[C@@H](C)O3)Oc3ccc(cc3)C(O)C(NC(=O)C(N)c3ccc(O)cc3)C(=O)NC(Cc3ccccc3)C(=O)NC4C(=O)NC3C(=O)NC2C(=O)NC(C(=O)O)c2cc(O)cc(O[C@H]4O[C@@H](CO)[C@@H](O)[C@H](O)[C@@H]4O)c2-c2cc3ccc2O)O[C@@H]1C.